The lowest BCUT2D eigenvalue weighted by Crippen LogP contribution is -2.04. The standard InChI is InChI=1S/C75H43N5O3/c1-4-18-44(19-5-1)57-38-48(75-77-73(46-32-34-53-51-25-12-16-30-65(51)81-67(53)40-46)76-74(78-75)47-33-35-54-52-26-13-17-31-66(52)82-68(54)41-47)39-58(45-20-6-2-7-21-45)71(57)80-62-29-15-11-27-56(62)70-63(80)37-36-55-60-42-64-59(43-69(60)83-72(55)70)50-24-10-14-28-61(50)79(64)49-22-8-3-9-23-49/h1-43H. The van der Waals surface area contributed by atoms with Crippen molar-refractivity contribution in [1.82, 2.24) is 24.1 Å². The predicted molar refractivity (Wildman–Crippen MR) is 338 cm³/mol. The van der Waals surface area contributed by atoms with E-state index >= 15 is 0 Å². The van der Waals surface area contributed by atoms with Gasteiger partial charge in [0.1, 0.15) is 33.5 Å². The number of fused-ring (bicyclic) bond motifs is 16. The Hall–Kier alpha value is -11.4. The van der Waals surface area contributed by atoms with Gasteiger partial charge in [-0.2, -0.15) is 0 Å². The number of benzene rings is 12. The lowest BCUT2D eigenvalue weighted by atomic mass is 9.92. The summed E-state index contributed by atoms with van der Waals surface area (Å²) in [5, 5.41) is 10.8. The largest absolute Gasteiger partial charge is 0.456 e. The number of hydrogen-bond donors (Lipinski definition) is 0. The van der Waals surface area contributed by atoms with Gasteiger partial charge in [0.25, 0.3) is 0 Å². The van der Waals surface area contributed by atoms with E-state index in [9.17, 15) is 0 Å². The molecule has 0 aliphatic carbocycles. The summed E-state index contributed by atoms with van der Waals surface area (Å²) in [7, 11) is 0. The van der Waals surface area contributed by atoms with Gasteiger partial charge in [0.05, 0.1) is 33.1 Å². The Labute approximate surface area is 473 Å². The van der Waals surface area contributed by atoms with Gasteiger partial charge in [0.15, 0.2) is 17.5 Å². The topological polar surface area (TPSA) is 87.9 Å². The van der Waals surface area contributed by atoms with Crippen LogP contribution in [0.15, 0.2) is 274 Å². The molecule has 18 rings (SSSR count). The summed E-state index contributed by atoms with van der Waals surface area (Å²) in [6.07, 6.45) is 0. The molecular formula is C75H43N5O3. The van der Waals surface area contributed by atoms with Crippen LogP contribution in [0, 0.1) is 0 Å². The second-order valence-electron chi connectivity index (χ2n) is 21.4. The Morgan fingerprint density at radius 3 is 1.33 bits per heavy atom. The maximum atomic E-state index is 7.22. The zero-order valence-corrected chi connectivity index (χ0v) is 44.3. The Kier molecular flexibility index (Phi) is 9.64. The Morgan fingerprint density at radius 1 is 0.253 bits per heavy atom. The molecule has 6 heterocycles. The van der Waals surface area contributed by atoms with Crippen LogP contribution in [-0.2, 0) is 0 Å². The summed E-state index contributed by atoms with van der Waals surface area (Å²) in [5.74, 6) is 1.55. The average Bonchev–Trinajstić information content (AvgIpc) is 2.94. The average molecular weight is 1060 g/mol. The molecule has 0 spiro atoms. The van der Waals surface area contributed by atoms with Gasteiger partial charge in [-0.1, -0.05) is 164 Å². The van der Waals surface area contributed by atoms with Crippen LogP contribution in [0.3, 0.4) is 0 Å². The fourth-order valence-corrected chi connectivity index (χ4v) is 13.0. The lowest BCUT2D eigenvalue weighted by molar-refractivity contribution is 0.668. The van der Waals surface area contributed by atoms with Crippen molar-refractivity contribution in [1.29, 1.82) is 0 Å². The van der Waals surface area contributed by atoms with Crippen LogP contribution in [-0.4, -0.2) is 24.1 Å². The summed E-state index contributed by atoms with van der Waals surface area (Å²) in [6.45, 7) is 0. The van der Waals surface area contributed by atoms with Gasteiger partial charge in [-0.15, -0.1) is 0 Å². The summed E-state index contributed by atoms with van der Waals surface area (Å²) >= 11 is 0. The van der Waals surface area contributed by atoms with Crippen LogP contribution in [0.4, 0.5) is 0 Å². The summed E-state index contributed by atoms with van der Waals surface area (Å²) in [5.41, 5.74) is 17.9. The van der Waals surface area contributed by atoms with Gasteiger partial charge >= 0.3 is 0 Å². The van der Waals surface area contributed by atoms with Crippen LogP contribution in [0.1, 0.15) is 0 Å². The van der Waals surface area contributed by atoms with E-state index in [4.69, 9.17) is 28.2 Å². The van der Waals surface area contributed by atoms with Gasteiger partial charge in [-0.05, 0) is 108 Å². The second-order valence-corrected chi connectivity index (χ2v) is 21.4. The summed E-state index contributed by atoms with van der Waals surface area (Å²) < 4.78 is 24.9. The first-order valence-electron chi connectivity index (χ1n) is 27.9. The molecular weight excluding hydrogens is 1020 g/mol. The molecule has 12 aromatic carbocycles. The van der Waals surface area contributed by atoms with Gasteiger partial charge in [0.2, 0.25) is 0 Å². The van der Waals surface area contributed by atoms with Crippen molar-refractivity contribution in [2.24, 2.45) is 0 Å². The Balaban J connectivity index is 0.894. The van der Waals surface area contributed by atoms with Crippen molar-refractivity contribution in [2.45, 2.75) is 0 Å². The van der Waals surface area contributed by atoms with Crippen LogP contribution in [0.2, 0.25) is 0 Å². The third kappa shape index (κ3) is 6.90. The van der Waals surface area contributed by atoms with E-state index in [-0.39, 0.29) is 0 Å². The highest BCUT2D eigenvalue weighted by molar-refractivity contribution is 6.26. The highest BCUT2D eigenvalue weighted by atomic mass is 16.3. The molecule has 0 aliphatic heterocycles. The third-order valence-corrected chi connectivity index (χ3v) is 16.8. The normalized spacial score (nSPS) is 12.1. The van der Waals surface area contributed by atoms with E-state index in [1.54, 1.807) is 0 Å². The van der Waals surface area contributed by atoms with E-state index in [2.05, 4.69) is 221 Å². The SMILES string of the molecule is c1ccc(-c2cc(-c3nc(-c4ccc5c(c4)oc4ccccc45)nc(-c4ccc5c(c4)oc4ccccc45)n3)cc(-c3ccccc3)c2-n2c3ccccc3c3c4oc5cc6c7ccccc7n(-c7ccccc7)c6cc5c4ccc32)cc1. The van der Waals surface area contributed by atoms with E-state index in [1.807, 2.05) is 48.5 Å². The summed E-state index contributed by atoms with van der Waals surface area (Å²) in [4.78, 5) is 16.1. The molecule has 8 heteroatoms. The van der Waals surface area contributed by atoms with Crippen molar-refractivity contribution < 1.29 is 13.3 Å². The molecule has 83 heavy (non-hydrogen) atoms. The van der Waals surface area contributed by atoms with Crippen LogP contribution < -0.4 is 0 Å². The molecule has 18 aromatic rings. The fourth-order valence-electron chi connectivity index (χ4n) is 13.0. The van der Waals surface area contributed by atoms with Gasteiger partial charge in [-0.25, -0.2) is 15.0 Å². The first-order chi connectivity index (χ1) is 41.1. The highest BCUT2D eigenvalue weighted by Crippen LogP contribution is 2.48. The fraction of sp³-hybridized carbons (Fsp3) is 0. The molecule has 0 unspecified atom stereocenters. The predicted octanol–water partition coefficient (Wildman–Crippen LogP) is 20.1. The molecule has 6 aromatic heterocycles. The number of para-hydroxylation sites is 5. The van der Waals surface area contributed by atoms with Crippen LogP contribution in [0.5, 0.6) is 0 Å². The minimum Gasteiger partial charge on any atom is -0.456 e. The minimum absolute atomic E-state index is 0.517. The maximum absolute atomic E-state index is 7.22. The van der Waals surface area contributed by atoms with Gasteiger partial charge in [0, 0.05) is 82.0 Å². The number of hydrogen-bond acceptors (Lipinski definition) is 6. The van der Waals surface area contributed by atoms with E-state index in [0.29, 0.717) is 17.5 Å². The number of rotatable bonds is 7. The molecule has 0 saturated carbocycles. The summed E-state index contributed by atoms with van der Waals surface area (Å²) in [6, 6.07) is 91.6. The Morgan fingerprint density at radius 2 is 0.723 bits per heavy atom. The third-order valence-electron chi connectivity index (χ3n) is 16.8. The van der Waals surface area contributed by atoms with Gasteiger partial charge in [-0.3, -0.25) is 0 Å². The zero-order valence-electron chi connectivity index (χ0n) is 44.3. The maximum Gasteiger partial charge on any atom is 0.164 e. The van der Waals surface area contributed by atoms with Crippen molar-refractivity contribution in [3.8, 4) is 67.8 Å². The first-order valence-corrected chi connectivity index (χ1v) is 27.9. The molecule has 0 aliphatic rings. The van der Waals surface area contributed by atoms with Crippen LogP contribution in [0.25, 0.3) is 177 Å². The molecule has 0 saturated heterocycles. The van der Waals surface area contributed by atoms with Crippen molar-refractivity contribution in [3.05, 3.63) is 261 Å². The molecule has 0 bridgehead atoms. The first kappa shape index (κ1) is 45.5. The van der Waals surface area contributed by atoms with Crippen molar-refractivity contribution >= 4 is 109 Å². The Bertz CT molecular complexity index is 5500. The van der Waals surface area contributed by atoms with E-state index in [0.717, 1.165) is 154 Å². The van der Waals surface area contributed by atoms with Gasteiger partial charge < -0.3 is 22.4 Å². The van der Waals surface area contributed by atoms with E-state index < -0.39 is 0 Å². The van der Waals surface area contributed by atoms with Crippen molar-refractivity contribution in [2.75, 3.05) is 0 Å². The zero-order chi connectivity index (χ0) is 54.3. The molecule has 8 nitrogen and oxygen atoms in total. The van der Waals surface area contributed by atoms with Crippen molar-refractivity contribution in [3.63, 3.8) is 0 Å². The number of nitrogens with zero attached hydrogens (tertiary/aromatic N) is 5. The molecule has 0 N–H and O–H groups in total. The number of aromatic nitrogens is 5. The smallest absolute Gasteiger partial charge is 0.164 e. The molecule has 0 fully saturated rings. The monoisotopic (exact) mass is 1060 g/mol. The molecule has 0 radical (unpaired) electrons. The minimum atomic E-state index is 0.517. The quantitative estimate of drug-likeness (QED) is 0.158. The highest BCUT2D eigenvalue weighted by Gasteiger charge is 2.26. The van der Waals surface area contributed by atoms with Crippen LogP contribution >= 0.6 is 0 Å². The lowest BCUT2D eigenvalue weighted by Gasteiger charge is -2.21. The second kappa shape index (κ2) is 17.6. The number of furan rings is 3. The molecule has 386 valence electrons. The molecule has 0 atom stereocenters. The molecule has 0 amide bonds. The van der Waals surface area contributed by atoms with E-state index in [1.165, 1.54) is 5.39 Å².